The van der Waals surface area contributed by atoms with E-state index >= 15 is 0 Å². The summed E-state index contributed by atoms with van der Waals surface area (Å²) in [5.41, 5.74) is 2.35. The first-order chi connectivity index (χ1) is 13.0. The number of nitrogens with zero attached hydrogens (tertiary/aromatic N) is 4. The Kier molecular flexibility index (Phi) is 4.35. The summed E-state index contributed by atoms with van der Waals surface area (Å²) in [6, 6.07) is 11.3. The molecule has 7 heteroatoms. The van der Waals surface area contributed by atoms with Crippen molar-refractivity contribution < 1.29 is 8.78 Å². The summed E-state index contributed by atoms with van der Waals surface area (Å²) in [7, 11) is 3.95. The number of amidine groups is 2. The highest BCUT2D eigenvalue weighted by atomic mass is 19.1. The highest BCUT2D eigenvalue weighted by Gasteiger charge is 2.33. The summed E-state index contributed by atoms with van der Waals surface area (Å²) in [6.07, 6.45) is 3.41. The molecule has 0 bridgehead atoms. The molecule has 1 unspecified atom stereocenters. The molecule has 0 radical (unpaired) electrons. The summed E-state index contributed by atoms with van der Waals surface area (Å²) in [4.78, 5) is 12.8. The molecule has 0 spiro atoms. The third-order valence-electron chi connectivity index (χ3n) is 4.58. The van der Waals surface area contributed by atoms with Crippen LogP contribution in [0.2, 0.25) is 0 Å². The molecule has 5 nitrogen and oxygen atoms in total. The van der Waals surface area contributed by atoms with E-state index in [1.807, 2.05) is 48.2 Å². The monoisotopic (exact) mass is 367 g/mol. The normalized spacial score (nSPS) is 18.1. The number of nitrogens with one attached hydrogen (secondary N) is 1. The number of rotatable bonds is 3. The molecular weight excluding hydrogens is 348 g/mol. The summed E-state index contributed by atoms with van der Waals surface area (Å²) < 4.78 is 27.5. The van der Waals surface area contributed by atoms with E-state index in [9.17, 15) is 8.78 Å². The first-order valence-electron chi connectivity index (χ1n) is 8.60. The molecule has 0 aliphatic carbocycles. The van der Waals surface area contributed by atoms with E-state index in [2.05, 4.69) is 15.3 Å². The van der Waals surface area contributed by atoms with Crippen molar-refractivity contribution in [2.45, 2.75) is 6.04 Å². The van der Waals surface area contributed by atoms with Gasteiger partial charge in [-0.25, -0.2) is 13.8 Å². The minimum absolute atomic E-state index is 0.322. The average molecular weight is 367 g/mol. The van der Waals surface area contributed by atoms with Crippen molar-refractivity contribution in [3.63, 3.8) is 0 Å². The molecule has 0 fully saturated rings. The fraction of sp³-hybridized carbons (Fsp3) is 0.200. The summed E-state index contributed by atoms with van der Waals surface area (Å²) >= 11 is 0. The number of fused-ring (bicyclic) bond motifs is 1. The van der Waals surface area contributed by atoms with Gasteiger partial charge < -0.3 is 15.1 Å². The predicted molar refractivity (Wildman–Crippen MR) is 104 cm³/mol. The topological polar surface area (TPSA) is 43.2 Å². The Balaban J connectivity index is 1.57. The van der Waals surface area contributed by atoms with Crippen LogP contribution in [0.3, 0.4) is 0 Å². The predicted octanol–water partition coefficient (Wildman–Crippen LogP) is 3.78. The highest BCUT2D eigenvalue weighted by Crippen LogP contribution is 2.31. The van der Waals surface area contributed by atoms with E-state index in [1.165, 1.54) is 12.1 Å². The Morgan fingerprint density at radius 3 is 2.78 bits per heavy atom. The van der Waals surface area contributed by atoms with Crippen LogP contribution >= 0.6 is 0 Å². The summed E-state index contributed by atoms with van der Waals surface area (Å²) in [5, 5.41) is 3.29. The zero-order valence-electron chi connectivity index (χ0n) is 15.0. The first kappa shape index (κ1) is 17.2. The van der Waals surface area contributed by atoms with Gasteiger partial charge in [-0.15, -0.1) is 0 Å². The van der Waals surface area contributed by atoms with Crippen molar-refractivity contribution >= 4 is 23.0 Å². The summed E-state index contributed by atoms with van der Waals surface area (Å²) in [5.74, 6) is 0.0785. The van der Waals surface area contributed by atoms with E-state index in [1.54, 1.807) is 12.4 Å². The molecule has 2 heterocycles. The van der Waals surface area contributed by atoms with Crippen LogP contribution in [0.1, 0.15) is 11.6 Å². The Hall–Kier alpha value is -3.22. The van der Waals surface area contributed by atoms with Crippen molar-refractivity contribution in [1.29, 1.82) is 0 Å². The quantitative estimate of drug-likeness (QED) is 0.898. The minimum Gasteiger partial charge on any atom is -0.378 e. The van der Waals surface area contributed by atoms with Crippen LogP contribution in [0.15, 0.2) is 64.8 Å². The number of hydrogen-bond acceptors (Lipinski definition) is 5. The average Bonchev–Trinajstić information content (AvgIpc) is 3.07. The van der Waals surface area contributed by atoms with Gasteiger partial charge in [0.1, 0.15) is 11.6 Å². The molecular formula is C20H19F2N5. The molecule has 4 rings (SSSR count). The van der Waals surface area contributed by atoms with Gasteiger partial charge in [0.25, 0.3) is 0 Å². The molecule has 0 amide bonds. The molecule has 2 aromatic rings. The van der Waals surface area contributed by atoms with Gasteiger partial charge >= 0.3 is 0 Å². The molecule has 1 N–H and O–H groups in total. The van der Waals surface area contributed by atoms with Gasteiger partial charge in [0, 0.05) is 49.5 Å². The highest BCUT2D eigenvalue weighted by molar-refractivity contribution is 6.45. The molecule has 2 aliphatic rings. The second-order valence-electron chi connectivity index (χ2n) is 6.60. The van der Waals surface area contributed by atoms with E-state index in [4.69, 9.17) is 0 Å². The maximum absolute atomic E-state index is 14.2. The van der Waals surface area contributed by atoms with Gasteiger partial charge in [-0.2, -0.15) is 0 Å². The number of benzene rings is 2. The molecule has 2 aromatic carbocycles. The largest absolute Gasteiger partial charge is 0.378 e. The molecule has 0 saturated carbocycles. The van der Waals surface area contributed by atoms with Crippen molar-refractivity contribution in [2.75, 3.05) is 30.9 Å². The molecule has 0 saturated heterocycles. The van der Waals surface area contributed by atoms with Crippen molar-refractivity contribution in [2.24, 2.45) is 9.98 Å². The zero-order valence-corrected chi connectivity index (χ0v) is 15.0. The lowest BCUT2D eigenvalue weighted by atomic mass is 10.1. The van der Waals surface area contributed by atoms with Gasteiger partial charge in [0.15, 0.2) is 11.7 Å². The Bertz CT molecular complexity index is 965. The second-order valence-corrected chi connectivity index (χ2v) is 6.60. The smallest absolute Gasteiger partial charge is 0.173 e. The van der Waals surface area contributed by atoms with E-state index in [0.29, 0.717) is 23.8 Å². The van der Waals surface area contributed by atoms with Crippen LogP contribution in [0, 0.1) is 11.6 Å². The summed E-state index contributed by atoms with van der Waals surface area (Å²) in [6.45, 7) is 0.376. The van der Waals surface area contributed by atoms with Gasteiger partial charge in [-0.05, 0) is 24.3 Å². The molecule has 1 atom stereocenters. The Labute approximate surface area is 156 Å². The van der Waals surface area contributed by atoms with Gasteiger partial charge in [-0.1, -0.05) is 12.1 Å². The third kappa shape index (κ3) is 3.28. The van der Waals surface area contributed by atoms with Crippen LogP contribution in [-0.4, -0.2) is 37.2 Å². The Morgan fingerprint density at radius 2 is 2.00 bits per heavy atom. The third-order valence-corrected chi connectivity index (χ3v) is 4.58. The number of hydrogen-bond donors (Lipinski definition) is 1. The lowest BCUT2D eigenvalue weighted by molar-refractivity contribution is 0.435. The van der Waals surface area contributed by atoms with E-state index < -0.39 is 11.6 Å². The van der Waals surface area contributed by atoms with Crippen LogP contribution < -0.4 is 10.2 Å². The van der Waals surface area contributed by atoms with Crippen LogP contribution in [0.4, 0.5) is 20.2 Å². The maximum atomic E-state index is 14.2. The molecule has 0 aromatic heterocycles. The lowest BCUT2D eigenvalue weighted by Crippen LogP contribution is -2.37. The van der Waals surface area contributed by atoms with Crippen molar-refractivity contribution in [1.82, 2.24) is 4.90 Å². The van der Waals surface area contributed by atoms with Crippen molar-refractivity contribution in [3.05, 3.63) is 72.1 Å². The number of anilines is 2. The molecule has 138 valence electrons. The fourth-order valence-corrected chi connectivity index (χ4v) is 3.21. The number of aliphatic imine (C=N–C) groups is 2. The minimum atomic E-state index is -0.589. The molecule has 27 heavy (non-hydrogen) atoms. The second kappa shape index (κ2) is 6.83. The van der Waals surface area contributed by atoms with Crippen LogP contribution in [-0.2, 0) is 0 Å². The SMILES string of the molecule is CN(C)c1cccc(NC2=NC=CN3C2=NCC3c2ccc(F)cc2F)c1. The number of halogens is 2. The first-order valence-corrected chi connectivity index (χ1v) is 8.60. The maximum Gasteiger partial charge on any atom is 0.173 e. The Morgan fingerprint density at radius 1 is 1.15 bits per heavy atom. The molecule has 2 aliphatic heterocycles. The lowest BCUT2D eigenvalue weighted by Gasteiger charge is -2.27. The van der Waals surface area contributed by atoms with E-state index in [0.717, 1.165) is 17.4 Å². The van der Waals surface area contributed by atoms with Crippen LogP contribution in [0.5, 0.6) is 0 Å². The van der Waals surface area contributed by atoms with Gasteiger partial charge in [0.2, 0.25) is 0 Å². The standard InChI is InChI=1S/C20H19F2N5/c1-26(2)15-5-3-4-14(11-15)25-19-20-24-12-18(27(20)9-8-23-19)16-7-6-13(21)10-17(16)22/h3-11,18H,12H2,1-2H3,(H,23,25). The van der Waals surface area contributed by atoms with Crippen LogP contribution in [0.25, 0.3) is 0 Å². The zero-order chi connectivity index (χ0) is 19.0. The van der Waals surface area contributed by atoms with E-state index in [-0.39, 0.29) is 6.04 Å². The van der Waals surface area contributed by atoms with Gasteiger partial charge in [-0.3, -0.25) is 4.99 Å². The fourth-order valence-electron chi connectivity index (χ4n) is 3.21. The van der Waals surface area contributed by atoms with Crippen molar-refractivity contribution in [3.8, 4) is 0 Å². The van der Waals surface area contributed by atoms with Gasteiger partial charge in [0.05, 0.1) is 12.6 Å².